The van der Waals surface area contributed by atoms with E-state index in [-0.39, 0.29) is 29.9 Å². The first-order valence-electron chi connectivity index (χ1n) is 8.54. The van der Waals surface area contributed by atoms with Crippen LogP contribution in [0.1, 0.15) is 49.0 Å². The zero-order valence-electron chi connectivity index (χ0n) is 15.0. The number of hydrogen-bond donors (Lipinski definition) is 3. The van der Waals surface area contributed by atoms with Gasteiger partial charge in [-0.05, 0) is 37.5 Å². The average molecular weight is 446 g/mol. The lowest BCUT2D eigenvalue weighted by molar-refractivity contribution is 0.0963. The molecule has 1 amide bonds. The van der Waals surface area contributed by atoms with Crippen LogP contribution in [0.15, 0.2) is 29.3 Å². The fourth-order valence-electron chi connectivity index (χ4n) is 2.23. The molecule has 0 aliphatic rings. The van der Waals surface area contributed by atoms with Crippen LogP contribution in [0.5, 0.6) is 0 Å². The summed E-state index contributed by atoms with van der Waals surface area (Å²) in [5, 5.41) is 9.26. The van der Waals surface area contributed by atoms with Gasteiger partial charge in [-0.3, -0.25) is 9.79 Å². The Bertz CT molecular complexity index is 506. The second-order valence-corrected chi connectivity index (χ2v) is 5.42. The normalized spacial score (nSPS) is 10.7. The van der Waals surface area contributed by atoms with E-state index in [1.54, 1.807) is 7.05 Å². The van der Waals surface area contributed by atoms with Crippen molar-refractivity contribution in [1.29, 1.82) is 0 Å². The number of carbonyl (C=O) groups excluding carboxylic acids is 1. The number of carbonyl (C=O) groups is 1. The smallest absolute Gasteiger partial charge is 0.251 e. The van der Waals surface area contributed by atoms with Gasteiger partial charge in [-0.2, -0.15) is 0 Å². The molecule has 1 aromatic carbocycles. The number of nitrogens with zero attached hydrogens (tertiary/aromatic N) is 1. The number of unbranched alkanes of at least 4 members (excludes halogenated alkanes) is 2. The molecular weight excluding hydrogens is 415 g/mol. The number of rotatable bonds is 9. The molecule has 0 radical (unpaired) electrons. The van der Waals surface area contributed by atoms with Crippen LogP contribution in [-0.2, 0) is 6.42 Å². The summed E-state index contributed by atoms with van der Waals surface area (Å²) in [6.07, 6.45) is 4.40. The zero-order chi connectivity index (χ0) is 16.9. The molecule has 1 rings (SSSR count). The molecule has 6 heteroatoms. The van der Waals surface area contributed by atoms with E-state index in [9.17, 15) is 4.79 Å². The molecule has 0 heterocycles. The second kappa shape index (κ2) is 14.1. The monoisotopic (exact) mass is 446 g/mol. The Labute approximate surface area is 163 Å². The third-order valence-electron chi connectivity index (χ3n) is 3.50. The van der Waals surface area contributed by atoms with Gasteiger partial charge in [0.15, 0.2) is 5.96 Å². The Morgan fingerprint density at radius 3 is 2.62 bits per heavy atom. The summed E-state index contributed by atoms with van der Waals surface area (Å²) in [6.45, 7) is 6.76. The molecule has 0 saturated carbocycles. The maximum atomic E-state index is 11.6. The summed E-state index contributed by atoms with van der Waals surface area (Å²) >= 11 is 0. The molecule has 0 aromatic heterocycles. The third-order valence-corrected chi connectivity index (χ3v) is 3.50. The van der Waals surface area contributed by atoms with Crippen molar-refractivity contribution in [3.8, 4) is 0 Å². The third kappa shape index (κ3) is 9.10. The molecule has 0 aliphatic heterocycles. The van der Waals surface area contributed by atoms with E-state index in [2.05, 4.69) is 34.8 Å². The van der Waals surface area contributed by atoms with Crippen LogP contribution in [0, 0.1) is 0 Å². The van der Waals surface area contributed by atoms with Gasteiger partial charge in [0, 0.05) is 32.2 Å². The van der Waals surface area contributed by atoms with Crippen molar-refractivity contribution in [3.63, 3.8) is 0 Å². The lowest BCUT2D eigenvalue weighted by Gasteiger charge is -2.11. The van der Waals surface area contributed by atoms with E-state index in [4.69, 9.17) is 0 Å². The van der Waals surface area contributed by atoms with Crippen molar-refractivity contribution in [2.45, 2.75) is 39.5 Å². The molecule has 0 spiro atoms. The summed E-state index contributed by atoms with van der Waals surface area (Å²) < 4.78 is 0. The van der Waals surface area contributed by atoms with Crippen molar-refractivity contribution in [1.82, 2.24) is 16.0 Å². The Kier molecular flexibility index (Phi) is 13.3. The van der Waals surface area contributed by atoms with Crippen LogP contribution in [0.25, 0.3) is 0 Å². The SMILES string of the molecule is CCCCCN=C(NCC)NCCc1cccc(C(=O)NC)c1.I. The van der Waals surface area contributed by atoms with Crippen molar-refractivity contribution in [2.75, 3.05) is 26.7 Å². The number of amides is 1. The minimum absolute atomic E-state index is 0. The molecule has 3 N–H and O–H groups in total. The number of hydrogen-bond acceptors (Lipinski definition) is 2. The van der Waals surface area contributed by atoms with Crippen molar-refractivity contribution < 1.29 is 4.79 Å². The molecule has 0 aliphatic carbocycles. The van der Waals surface area contributed by atoms with E-state index in [0.29, 0.717) is 5.56 Å². The maximum Gasteiger partial charge on any atom is 0.251 e. The van der Waals surface area contributed by atoms with Crippen molar-refractivity contribution in [2.24, 2.45) is 4.99 Å². The standard InChI is InChI=1S/C18H30N4O.HI/c1-4-6-7-12-21-18(20-5-2)22-13-11-15-9-8-10-16(14-15)17(23)19-3;/h8-10,14H,4-7,11-13H2,1-3H3,(H,19,23)(H2,20,21,22);1H. The number of guanidine groups is 1. The molecule has 24 heavy (non-hydrogen) atoms. The van der Waals surface area contributed by atoms with Crippen molar-refractivity contribution >= 4 is 35.8 Å². The first-order chi connectivity index (χ1) is 11.2. The summed E-state index contributed by atoms with van der Waals surface area (Å²) in [4.78, 5) is 16.2. The van der Waals surface area contributed by atoms with Crippen LogP contribution >= 0.6 is 24.0 Å². The highest BCUT2D eigenvalue weighted by Gasteiger charge is 2.04. The number of benzene rings is 1. The highest BCUT2D eigenvalue weighted by atomic mass is 127. The van der Waals surface area contributed by atoms with E-state index in [1.807, 2.05) is 24.3 Å². The fraction of sp³-hybridized carbons (Fsp3) is 0.556. The zero-order valence-corrected chi connectivity index (χ0v) is 17.4. The van der Waals surface area contributed by atoms with Gasteiger partial charge in [0.2, 0.25) is 0 Å². The van der Waals surface area contributed by atoms with E-state index in [0.717, 1.165) is 44.0 Å². The molecule has 0 bridgehead atoms. The maximum absolute atomic E-state index is 11.6. The van der Waals surface area contributed by atoms with Crippen LogP contribution in [-0.4, -0.2) is 38.5 Å². The molecule has 0 fully saturated rings. The number of nitrogens with one attached hydrogen (secondary N) is 3. The van der Waals surface area contributed by atoms with E-state index < -0.39 is 0 Å². The predicted octanol–water partition coefficient (Wildman–Crippen LogP) is 2.95. The van der Waals surface area contributed by atoms with Gasteiger partial charge >= 0.3 is 0 Å². The first kappa shape index (κ1) is 22.7. The number of halogens is 1. The largest absolute Gasteiger partial charge is 0.357 e. The van der Waals surface area contributed by atoms with Gasteiger partial charge in [0.05, 0.1) is 0 Å². The average Bonchev–Trinajstić information content (AvgIpc) is 2.58. The van der Waals surface area contributed by atoms with Gasteiger partial charge < -0.3 is 16.0 Å². The molecular formula is C18H31IN4O. The van der Waals surface area contributed by atoms with E-state index >= 15 is 0 Å². The molecule has 0 saturated heterocycles. The quantitative estimate of drug-likeness (QED) is 0.237. The molecule has 0 atom stereocenters. The summed E-state index contributed by atoms with van der Waals surface area (Å²) in [7, 11) is 1.65. The Morgan fingerprint density at radius 1 is 1.17 bits per heavy atom. The van der Waals surface area contributed by atoms with Crippen LogP contribution < -0.4 is 16.0 Å². The van der Waals surface area contributed by atoms with Crippen LogP contribution in [0.2, 0.25) is 0 Å². The first-order valence-corrected chi connectivity index (χ1v) is 8.54. The lowest BCUT2D eigenvalue weighted by Crippen LogP contribution is -2.38. The number of aliphatic imine (C=N–C) groups is 1. The van der Waals surface area contributed by atoms with Crippen LogP contribution in [0.4, 0.5) is 0 Å². The summed E-state index contributed by atoms with van der Waals surface area (Å²) in [5.74, 6) is 0.816. The second-order valence-electron chi connectivity index (χ2n) is 5.42. The Balaban J connectivity index is 0.00000529. The van der Waals surface area contributed by atoms with Gasteiger partial charge in [0.1, 0.15) is 0 Å². The highest BCUT2D eigenvalue weighted by molar-refractivity contribution is 14.0. The van der Waals surface area contributed by atoms with Crippen molar-refractivity contribution in [3.05, 3.63) is 35.4 Å². The lowest BCUT2D eigenvalue weighted by atomic mass is 10.1. The van der Waals surface area contributed by atoms with E-state index in [1.165, 1.54) is 12.8 Å². The highest BCUT2D eigenvalue weighted by Crippen LogP contribution is 2.05. The minimum atomic E-state index is -0.0503. The fourth-order valence-corrected chi connectivity index (χ4v) is 2.23. The molecule has 136 valence electrons. The summed E-state index contributed by atoms with van der Waals surface area (Å²) in [5.41, 5.74) is 1.84. The molecule has 5 nitrogen and oxygen atoms in total. The summed E-state index contributed by atoms with van der Waals surface area (Å²) in [6, 6.07) is 7.73. The molecule has 0 unspecified atom stereocenters. The van der Waals surface area contributed by atoms with Gasteiger partial charge in [-0.25, -0.2) is 0 Å². The molecule has 1 aromatic rings. The van der Waals surface area contributed by atoms with Gasteiger partial charge in [-0.1, -0.05) is 31.9 Å². The van der Waals surface area contributed by atoms with Gasteiger partial charge in [-0.15, -0.1) is 24.0 Å². The Morgan fingerprint density at radius 2 is 1.96 bits per heavy atom. The predicted molar refractivity (Wildman–Crippen MR) is 112 cm³/mol. The minimum Gasteiger partial charge on any atom is -0.357 e. The topological polar surface area (TPSA) is 65.5 Å². The Hall–Kier alpha value is -1.31. The van der Waals surface area contributed by atoms with Gasteiger partial charge in [0.25, 0.3) is 5.91 Å². The van der Waals surface area contributed by atoms with Crippen LogP contribution in [0.3, 0.4) is 0 Å².